The highest BCUT2D eigenvalue weighted by Gasteiger charge is 2.11. The normalized spacial score (nSPS) is 9.18. The first-order valence-electron chi connectivity index (χ1n) is 4.92. The lowest BCUT2D eigenvalue weighted by Crippen LogP contribution is -2.35. The molecular weight excluding hydrogens is 238 g/mol. The average Bonchev–Trinajstić information content (AvgIpc) is 2.32. The smallest absolute Gasteiger partial charge is 0.313 e. The highest BCUT2D eigenvalue weighted by atomic mass is 32.2. The number of amides is 2. The van der Waals surface area contributed by atoms with Crippen molar-refractivity contribution >= 4 is 29.3 Å². The van der Waals surface area contributed by atoms with Gasteiger partial charge in [0, 0.05) is 17.1 Å². The molecule has 0 aliphatic carbocycles. The number of nitrogens with one attached hydrogen (secondary N) is 2. The fourth-order valence-electron chi connectivity index (χ4n) is 1.09. The third-order valence-corrected chi connectivity index (χ3v) is 2.42. The Morgan fingerprint density at radius 1 is 1.29 bits per heavy atom. The van der Waals surface area contributed by atoms with Gasteiger partial charge >= 0.3 is 11.8 Å². The van der Waals surface area contributed by atoms with E-state index in [0.717, 1.165) is 16.7 Å². The second-order valence-electron chi connectivity index (χ2n) is 3.03. The summed E-state index contributed by atoms with van der Waals surface area (Å²) in [5.41, 5.74) is 0.517. The number of carbonyl (C=O) groups excluding carboxylic acids is 2. The highest BCUT2D eigenvalue weighted by molar-refractivity contribution is 8.03. The summed E-state index contributed by atoms with van der Waals surface area (Å²) < 4.78 is 0. The lowest BCUT2D eigenvalue weighted by Gasteiger charge is -2.05. The van der Waals surface area contributed by atoms with Gasteiger partial charge in [0.2, 0.25) is 0 Å². The zero-order chi connectivity index (χ0) is 12.7. The van der Waals surface area contributed by atoms with E-state index in [1.807, 2.05) is 5.40 Å². The number of thioether (sulfide) groups is 1. The maximum atomic E-state index is 11.3. The zero-order valence-electron chi connectivity index (χ0n) is 9.19. The van der Waals surface area contributed by atoms with Gasteiger partial charge in [-0.3, -0.25) is 9.59 Å². The molecule has 1 aromatic carbocycles. The van der Waals surface area contributed by atoms with Crippen LogP contribution >= 0.6 is 11.8 Å². The Morgan fingerprint density at radius 2 is 1.94 bits per heavy atom. The molecule has 0 bridgehead atoms. The van der Waals surface area contributed by atoms with Gasteiger partial charge in [-0.2, -0.15) is 5.26 Å². The first-order valence-corrected chi connectivity index (χ1v) is 5.74. The van der Waals surface area contributed by atoms with Crippen LogP contribution in [0.2, 0.25) is 0 Å². The van der Waals surface area contributed by atoms with Crippen molar-refractivity contribution in [2.75, 3.05) is 11.9 Å². The molecule has 2 N–H and O–H groups in total. The van der Waals surface area contributed by atoms with Gasteiger partial charge in [0.1, 0.15) is 5.40 Å². The van der Waals surface area contributed by atoms with E-state index in [1.54, 1.807) is 31.2 Å². The van der Waals surface area contributed by atoms with Gasteiger partial charge in [0.25, 0.3) is 0 Å². The third-order valence-electron chi connectivity index (χ3n) is 1.82. The second-order valence-corrected chi connectivity index (χ2v) is 3.89. The molecule has 0 radical (unpaired) electrons. The molecule has 0 aliphatic rings. The molecule has 0 saturated heterocycles. The van der Waals surface area contributed by atoms with Crippen LogP contribution in [-0.2, 0) is 9.59 Å². The SMILES string of the molecule is CCNC(=O)C(=O)Nc1ccc(SC#N)cc1. The Kier molecular flexibility index (Phi) is 5.04. The van der Waals surface area contributed by atoms with Crippen LogP contribution in [-0.4, -0.2) is 18.4 Å². The molecule has 1 rings (SSSR count). The van der Waals surface area contributed by atoms with Crippen molar-refractivity contribution in [3.05, 3.63) is 24.3 Å². The van der Waals surface area contributed by atoms with E-state index in [9.17, 15) is 9.59 Å². The van der Waals surface area contributed by atoms with Crippen molar-refractivity contribution in [3.63, 3.8) is 0 Å². The maximum absolute atomic E-state index is 11.3. The summed E-state index contributed by atoms with van der Waals surface area (Å²) in [6, 6.07) is 6.66. The van der Waals surface area contributed by atoms with Crippen LogP contribution in [0.3, 0.4) is 0 Å². The molecule has 2 amide bonds. The topological polar surface area (TPSA) is 82.0 Å². The van der Waals surface area contributed by atoms with Crippen LogP contribution in [0.15, 0.2) is 29.2 Å². The molecule has 0 saturated carbocycles. The summed E-state index contributed by atoms with van der Waals surface area (Å²) >= 11 is 1.03. The minimum atomic E-state index is -0.701. The number of hydrogen-bond acceptors (Lipinski definition) is 4. The van der Waals surface area contributed by atoms with E-state index in [2.05, 4.69) is 10.6 Å². The first kappa shape index (κ1) is 13.1. The Hall–Kier alpha value is -2.00. The molecule has 88 valence electrons. The molecule has 0 aliphatic heterocycles. The third kappa shape index (κ3) is 4.17. The number of benzene rings is 1. The van der Waals surface area contributed by atoms with E-state index in [1.165, 1.54) is 0 Å². The minimum Gasteiger partial charge on any atom is -0.348 e. The van der Waals surface area contributed by atoms with Crippen molar-refractivity contribution in [1.29, 1.82) is 5.26 Å². The quantitative estimate of drug-likeness (QED) is 0.481. The molecule has 17 heavy (non-hydrogen) atoms. The Labute approximate surface area is 103 Å². The molecule has 0 aromatic heterocycles. The molecule has 1 aromatic rings. The number of hydrogen-bond donors (Lipinski definition) is 2. The van der Waals surface area contributed by atoms with Crippen LogP contribution in [0, 0.1) is 10.7 Å². The summed E-state index contributed by atoms with van der Waals surface area (Å²) in [4.78, 5) is 23.3. The lowest BCUT2D eigenvalue weighted by atomic mass is 10.3. The van der Waals surface area contributed by atoms with Crippen molar-refractivity contribution in [1.82, 2.24) is 5.32 Å². The van der Waals surface area contributed by atoms with Gasteiger partial charge in [0.15, 0.2) is 0 Å². The van der Waals surface area contributed by atoms with Crippen molar-refractivity contribution in [2.45, 2.75) is 11.8 Å². The number of thiocyanates is 1. The molecular formula is C11H11N3O2S. The standard InChI is InChI=1S/C11H11N3O2S/c1-2-13-10(15)11(16)14-8-3-5-9(6-4-8)17-7-12/h3-6H,2H2,1H3,(H,13,15)(H,14,16). The number of nitriles is 1. The number of nitrogens with zero attached hydrogens (tertiary/aromatic N) is 1. The number of rotatable bonds is 3. The summed E-state index contributed by atoms with van der Waals surface area (Å²) in [5, 5.41) is 15.3. The summed E-state index contributed by atoms with van der Waals surface area (Å²) in [6.07, 6.45) is 0. The fourth-order valence-corrected chi connectivity index (χ4v) is 1.47. The Bertz CT molecular complexity index is 451. The predicted octanol–water partition coefficient (Wildman–Crippen LogP) is 1.33. The van der Waals surface area contributed by atoms with E-state index in [4.69, 9.17) is 5.26 Å². The van der Waals surface area contributed by atoms with Crippen LogP contribution in [0.5, 0.6) is 0 Å². The second kappa shape index (κ2) is 6.55. The molecule has 0 atom stereocenters. The minimum absolute atomic E-state index is 0.407. The first-order chi connectivity index (χ1) is 8.17. The van der Waals surface area contributed by atoms with Crippen molar-refractivity contribution in [3.8, 4) is 5.40 Å². The number of likely N-dealkylation sites (N-methyl/N-ethyl adjacent to an activating group) is 1. The largest absolute Gasteiger partial charge is 0.348 e. The molecule has 5 nitrogen and oxygen atoms in total. The van der Waals surface area contributed by atoms with Gasteiger partial charge in [-0.05, 0) is 43.0 Å². The number of anilines is 1. The highest BCUT2D eigenvalue weighted by Crippen LogP contribution is 2.18. The summed E-state index contributed by atoms with van der Waals surface area (Å²) in [5.74, 6) is -1.37. The zero-order valence-corrected chi connectivity index (χ0v) is 10.0. The van der Waals surface area contributed by atoms with Gasteiger partial charge in [-0.1, -0.05) is 0 Å². The Balaban J connectivity index is 2.60. The van der Waals surface area contributed by atoms with Crippen LogP contribution < -0.4 is 10.6 Å². The van der Waals surface area contributed by atoms with Crippen molar-refractivity contribution in [2.24, 2.45) is 0 Å². The van der Waals surface area contributed by atoms with E-state index < -0.39 is 11.8 Å². The van der Waals surface area contributed by atoms with Gasteiger partial charge in [0.05, 0.1) is 0 Å². The molecule has 0 unspecified atom stereocenters. The van der Waals surface area contributed by atoms with Gasteiger partial charge in [-0.25, -0.2) is 0 Å². The molecule has 0 fully saturated rings. The van der Waals surface area contributed by atoms with Crippen LogP contribution in [0.4, 0.5) is 5.69 Å². The Morgan fingerprint density at radius 3 is 2.47 bits per heavy atom. The van der Waals surface area contributed by atoms with E-state index in [-0.39, 0.29) is 0 Å². The average molecular weight is 249 g/mol. The van der Waals surface area contributed by atoms with E-state index in [0.29, 0.717) is 12.2 Å². The maximum Gasteiger partial charge on any atom is 0.313 e. The molecule has 0 spiro atoms. The monoisotopic (exact) mass is 249 g/mol. The lowest BCUT2D eigenvalue weighted by molar-refractivity contribution is -0.136. The van der Waals surface area contributed by atoms with Gasteiger partial charge in [-0.15, -0.1) is 0 Å². The molecule has 0 heterocycles. The van der Waals surface area contributed by atoms with Crippen molar-refractivity contribution < 1.29 is 9.59 Å². The summed E-state index contributed by atoms with van der Waals surface area (Å²) in [7, 11) is 0. The van der Waals surface area contributed by atoms with Gasteiger partial charge < -0.3 is 10.6 Å². The fraction of sp³-hybridized carbons (Fsp3) is 0.182. The van der Waals surface area contributed by atoms with E-state index >= 15 is 0 Å². The number of carbonyl (C=O) groups is 2. The molecule has 6 heteroatoms. The summed E-state index contributed by atoms with van der Waals surface area (Å²) in [6.45, 7) is 2.14. The van der Waals surface area contributed by atoms with Crippen LogP contribution in [0.25, 0.3) is 0 Å². The predicted molar refractivity (Wildman–Crippen MR) is 65.2 cm³/mol. The van der Waals surface area contributed by atoms with Crippen LogP contribution in [0.1, 0.15) is 6.92 Å².